The number of nitrogens with zero attached hydrogens (tertiary/aromatic N) is 1. The maximum atomic E-state index is 9.35. The Morgan fingerprint density at radius 3 is 2.69 bits per heavy atom. The van der Waals surface area contributed by atoms with Gasteiger partial charge in [0.1, 0.15) is 5.75 Å². The summed E-state index contributed by atoms with van der Waals surface area (Å²) < 4.78 is 7.24. The summed E-state index contributed by atoms with van der Waals surface area (Å²) in [4.78, 5) is 0. The zero-order valence-corrected chi connectivity index (χ0v) is 10.3. The molecule has 1 heterocycles. The first-order valence-electron chi connectivity index (χ1n) is 5.03. The second-order valence-electron chi connectivity index (χ2n) is 3.76. The fourth-order valence-corrected chi connectivity index (χ4v) is 2.45. The third-order valence-electron chi connectivity index (χ3n) is 3.01. The lowest BCUT2D eigenvalue weighted by atomic mass is 10.1. The lowest BCUT2D eigenvalue weighted by molar-refractivity contribution is 0.272. The Labute approximate surface area is 99.2 Å². The normalized spacial score (nSPS) is 11.1. The van der Waals surface area contributed by atoms with Crippen LogP contribution in [0.15, 0.2) is 12.1 Å². The molecule has 0 aliphatic carbocycles. The Morgan fingerprint density at radius 1 is 1.44 bits per heavy atom. The molecule has 0 aliphatic heterocycles. The van der Waals surface area contributed by atoms with Crippen LogP contribution in [0.2, 0.25) is 5.02 Å². The van der Waals surface area contributed by atoms with Gasteiger partial charge in [-0.05, 0) is 24.6 Å². The van der Waals surface area contributed by atoms with Gasteiger partial charge in [0, 0.05) is 18.1 Å². The first-order chi connectivity index (χ1) is 7.61. The first kappa shape index (κ1) is 11.3. The number of aromatic nitrogens is 1. The largest absolute Gasteiger partial charge is 0.495 e. The lowest BCUT2D eigenvalue weighted by Gasteiger charge is -2.06. The minimum absolute atomic E-state index is 0.00348. The summed E-state index contributed by atoms with van der Waals surface area (Å²) in [5.41, 5.74) is 2.79. The van der Waals surface area contributed by atoms with E-state index in [-0.39, 0.29) is 6.61 Å². The number of aliphatic hydroxyl groups excluding tert-OH is 1. The van der Waals surface area contributed by atoms with Crippen LogP contribution in [0, 0.1) is 6.92 Å². The second kappa shape index (κ2) is 4.00. The van der Waals surface area contributed by atoms with E-state index < -0.39 is 0 Å². The van der Waals surface area contributed by atoms with Crippen molar-refractivity contribution in [1.82, 2.24) is 4.57 Å². The molecule has 0 saturated heterocycles. The fourth-order valence-electron chi connectivity index (χ4n) is 2.16. The summed E-state index contributed by atoms with van der Waals surface area (Å²) >= 11 is 6.18. The topological polar surface area (TPSA) is 34.4 Å². The highest BCUT2D eigenvalue weighted by atomic mass is 35.5. The summed E-state index contributed by atoms with van der Waals surface area (Å²) in [6.45, 7) is 1.95. The van der Waals surface area contributed by atoms with Crippen LogP contribution < -0.4 is 4.74 Å². The number of aryl methyl sites for hydroxylation is 2. The molecule has 0 bridgehead atoms. The van der Waals surface area contributed by atoms with Crippen LogP contribution in [-0.2, 0) is 13.7 Å². The molecule has 3 nitrogen and oxygen atoms in total. The van der Waals surface area contributed by atoms with Gasteiger partial charge in [-0.2, -0.15) is 0 Å². The predicted octanol–water partition coefficient (Wildman–Crippen LogP) is 2.64. The quantitative estimate of drug-likeness (QED) is 0.874. The fraction of sp³-hybridized carbons (Fsp3) is 0.333. The summed E-state index contributed by atoms with van der Waals surface area (Å²) in [5.74, 6) is 0.768. The first-order valence-corrected chi connectivity index (χ1v) is 5.40. The van der Waals surface area contributed by atoms with Crippen LogP contribution in [0.3, 0.4) is 0 Å². The van der Waals surface area contributed by atoms with Crippen LogP contribution in [0.5, 0.6) is 5.75 Å². The molecule has 0 radical (unpaired) electrons. The van der Waals surface area contributed by atoms with E-state index in [1.165, 1.54) is 0 Å². The van der Waals surface area contributed by atoms with Gasteiger partial charge < -0.3 is 14.4 Å². The highest BCUT2D eigenvalue weighted by molar-refractivity contribution is 6.36. The minimum atomic E-state index is -0.00348. The van der Waals surface area contributed by atoms with E-state index in [0.29, 0.717) is 5.02 Å². The van der Waals surface area contributed by atoms with Crippen molar-refractivity contribution in [3.63, 3.8) is 0 Å². The SMILES string of the molecule is COc1ccc(Cl)c2c(C)c(CO)n(C)c12. The highest BCUT2D eigenvalue weighted by Crippen LogP contribution is 2.36. The number of halogens is 1. The second-order valence-corrected chi connectivity index (χ2v) is 4.17. The number of ether oxygens (including phenoxy) is 1. The van der Waals surface area contributed by atoms with Crippen molar-refractivity contribution >= 4 is 22.5 Å². The van der Waals surface area contributed by atoms with E-state index in [1.807, 2.05) is 30.7 Å². The van der Waals surface area contributed by atoms with Crippen LogP contribution in [-0.4, -0.2) is 16.8 Å². The molecular formula is C12H14ClNO2. The number of rotatable bonds is 2. The molecule has 0 amide bonds. The monoisotopic (exact) mass is 239 g/mol. The van der Waals surface area contributed by atoms with Gasteiger partial charge in [-0.1, -0.05) is 11.6 Å². The zero-order chi connectivity index (χ0) is 11.9. The zero-order valence-electron chi connectivity index (χ0n) is 9.54. The van der Waals surface area contributed by atoms with E-state index in [9.17, 15) is 5.11 Å². The third-order valence-corrected chi connectivity index (χ3v) is 3.32. The molecule has 1 N–H and O–H groups in total. The molecule has 0 spiro atoms. The van der Waals surface area contributed by atoms with E-state index >= 15 is 0 Å². The van der Waals surface area contributed by atoms with Gasteiger partial charge in [-0.25, -0.2) is 0 Å². The molecule has 0 fully saturated rings. The van der Waals surface area contributed by atoms with Crippen molar-refractivity contribution < 1.29 is 9.84 Å². The summed E-state index contributed by atoms with van der Waals surface area (Å²) in [7, 11) is 3.53. The van der Waals surface area contributed by atoms with Gasteiger partial charge in [0.05, 0.1) is 24.3 Å². The lowest BCUT2D eigenvalue weighted by Crippen LogP contribution is -1.97. The van der Waals surface area contributed by atoms with Crippen LogP contribution in [0.4, 0.5) is 0 Å². The Hall–Kier alpha value is -1.19. The Morgan fingerprint density at radius 2 is 2.12 bits per heavy atom. The van der Waals surface area contributed by atoms with Crippen molar-refractivity contribution in [2.45, 2.75) is 13.5 Å². The Bertz CT molecular complexity index is 546. The third kappa shape index (κ3) is 1.39. The van der Waals surface area contributed by atoms with Crippen LogP contribution in [0.25, 0.3) is 10.9 Å². The standard InChI is InChI=1S/C12H14ClNO2/c1-7-9(6-15)14(2)12-10(16-3)5-4-8(13)11(7)12/h4-5,15H,6H2,1-3H3. The number of hydrogen-bond donors (Lipinski definition) is 1. The van der Waals surface area contributed by atoms with E-state index in [0.717, 1.165) is 27.9 Å². The van der Waals surface area contributed by atoms with Gasteiger partial charge in [0.25, 0.3) is 0 Å². The van der Waals surface area contributed by atoms with Crippen molar-refractivity contribution in [3.8, 4) is 5.75 Å². The van der Waals surface area contributed by atoms with Crippen molar-refractivity contribution in [3.05, 3.63) is 28.4 Å². The maximum Gasteiger partial charge on any atom is 0.143 e. The molecule has 1 aromatic heterocycles. The van der Waals surface area contributed by atoms with Crippen LogP contribution >= 0.6 is 11.6 Å². The Kier molecular flexibility index (Phi) is 2.82. The number of benzene rings is 1. The predicted molar refractivity (Wildman–Crippen MR) is 65.1 cm³/mol. The molecule has 0 unspecified atom stereocenters. The molecular weight excluding hydrogens is 226 g/mol. The molecule has 0 atom stereocenters. The van der Waals surface area contributed by atoms with E-state index in [2.05, 4.69) is 0 Å². The van der Waals surface area contributed by atoms with Gasteiger partial charge in [0.15, 0.2) is 0 Å². The maximum absolute atomic E-state index is 9.35. The van der Waals surface area contributed by atoms with Crippen molar-refractivity contribution in [1.29, 1.82) is 0 Å². The van der Waals surface area contributed by atoms with Gasteiger partial charge in [0.2, 0.25) is 0 Å². The molecule has 2 aromatic rings. The molecule has 4 heteroatoms. The van der Waals surface area contributed by atoms with Crippen molar-refractivity contribution in [2.24, 2.45) is 7.05 Å². The smallest absolute Gasteiger partial charge is 0.143 e. The van der Waals surface area contributed by atoms with Gasteiger partial charge >= 0.3 is 0 Å². The minimum Gasteiger partial charge on any atom is -0.495 e. The Balaban J connectivity index is 2.96. The summed E-state index contributed by atoms with van der Waals surface area (Å²) in [5, 5.41) is 11.0. The number of methoxy groups -OCH3 is 1. The molecule has 0 saturated carbocycles. The average Bonchev–Trinajstić information content (AvgIpc) is 2.53. The van der Waals surface area contributed by atoms with Gasteiger partial charge in [-0.3, -0.25) is 0 Å². The number of fused-ring (bicyclic) bond motifs is 1. The van der Waals surface area contributed by atoms with E-state index in [4.69, 9.17) is 16.3 Å². The summed E-state index contributed by atoms with van der Waals surface area (Å²) in [6, 6.07) is 3.65. The number of aliphatic hydroxyl groups is 1. The van der Waals surface area contributed by atoms with Gasteiger partial charge in [-0.15, -0.1) is 0 Å². The number of hydrogen-bond acceptors (Lipinski definition) is 2. The molecule has 1 aromatic carbocycles. The molecule has 86 valence electrons. The van der Waals surface area contributed by atoms with E-state index in [1.54, 1.807) is 7.11 Å². The average molecular weight is 240 g/mol. The molecule has 16 heavy (non-hydrogen) atoms. The molecule has 2 rings (SSSR count). The summed E-state index contributed by atoms with van der Waals surface area (Å²) in [6.07, 6.45) is 0. The highest BCUT2D eigenvalue weighted by Gasteiger charge is 2.16. The molecule has 0 aliphatic rings. The van der Waals surface area contributed by atoms with Crippen LogP contribution in [0.1, 0.15) is 11.3 Å². The van der Waals surface area contributed by atoms with Crippen molar-refractivity contribution in [2.75, 3.05) is 7.11 Å².